The molecule has 0 fully saturated rings. The second kappa shape index (κ2) is 7.02. The molecule has 0 atom stereocenters. The summed E-state index contributed by atoms with van der Waals surface area (Å²) < 4.78 is 70.1. The lowest BCUT2D eigenvalue weighted by Gasteiger charge is -2.10. The molecule has 1 aromatic carbocycles. The first-order chi connectivity index (χ1) is 11.3. The summed E-state index contributed by atoms with van der Waals surface area (Å²) in [6.45, 7) is -1.01. The van der Waals surface area contributed by atoms with Crippen molar-refractivity contribution in [1.29, 1.82) is 0 Å². The molecule has 0 aliphatic rings. The first-order valence-corrected chi connectivity index (χ1v) is 6.21. The topological polar surface area (TPSA) is 68.3 Å². The number of benzene rings is 1. The summed E-state index contributed by atoms with van der Waals surface area (Å²) in [7, 11) is 0. The van der Waals surface area contributed by atoms with Gasteiger partial charge in [0.1, 0.15) is 5.69 Å². The lowest BCUT2D eigenvalue weighted by atomic mass is 10.2. The van der Waals surface area contributed by atoms with Crippen LogP contribution in [0, 0.1) is 29.1 Å². The summed E-state index contributed by atoms with van der Waals surface area (Å²) in [6, 6.07) is 2.75. The van der Waals surface area contributed by atoms with Crippen LogP contribution in [0.4, 0.5) is 27.6 Å². The maximum Gasteiger partial charge on any atom is 0.340 e. The zero-order valence-corrected chi connectivity index (χ0v) is 11.6. The molecule has 1 aromatic heterocycles. The molecule has 126 valence electrons. The zero-order valence-electron chi connectivity index (χ0n) is 11.6. The van der Waals surface area contributed by atoms with Gasteiger partial charge in [-0.15, -0.1) is 0 Å². The van der Waals surface area contributed by atoms with E-state index in [-0.39, 0.29) is 5.56 Å². The number of amides is 1. The second-order valence-electron chi connectivity index (χ2n) is 4.31. The van der Waals surface area contributed by atoms with Crippen LogP contribution in [0.15, 0.2) is 24.5 Å². The first kappa shape index (κ1) is 17.3. The number of nitrogens with one attached hydrogen (secondary N) is 1. The van der Waals surface area contributed by atoms with Crippen LogP contribution >= 0.6 is 0 Å². The van der Waals surface area contributed by atoms with Gasteiger partial charge in [-0.05, 0) is 12.1 Å². The van der Waals surface area contributed by atoms with Gasteiger partial charge in [-0.2, -0.15) is 0 Å². The van der Waals surface area contributed by atoms with Crippen LogP contribution in [0.1, 0.15) is 10.4 Å². The molecule has 0 aliphatic carbocycles. The molecule has 0 unspecified atom stereocenters. The predicted molar refractivity (Wildman–Crippen MR) is 69.4 cm³/mol. The minimum absolute atomic E-state index is 0.00142. The van der Waals surface area contributed by atoms with Crippen LogP contribution in [0.3, 0.4) is 0 Å². The number of ether oxygens (including phenoxy) is 1. The SMILES string of the molecule is O=C(COC(=O)c1cccnc1)Nc1c(F)c(F)c(F)c(F)c1F. The third-order valence-corrected chi connectivity index (χ3v) is 2.71. The molecule has 2 rings (SSSR count). The van der Waals surface area contributed by atoms with Gasteiger partial charge in [0.15, 0.2) is 29.9 Å². The van der Waals surface area contributed by atoms with E-state index in [0.717, 1.165) is 6.20 Å². The Kier molecular flexibility index (Phi) is 5.07. The van der Waals surface area contributed by atoms with E-state index in [1.54, 1.807) is 0 Å². The van der Waals surface area contributed by atoms with Crippen molar-refractivity contribution >= 4 is 17.6 Å². The molecule has 1 amide bonds. The van der Waals surface area contributed by atoms with Gasteiger partial charge < -0.3 is 10.1 Å². The van der Waals surface area contributed by atoms with Crippen LogP contribution in [0.5, 0.6) is 0 Å². The number of anilines is 1. The van der Waals surface area contributed by atoms with Crippen molar-refractivity contribution in [2.24, 2.45) is 0 Å². The van der Waals surface area contributed by atoms with Gasteiger partial charge in [-0.25, -0.2) is 26.7 Å². The van der Waals surface area contributed by atoms with Gasteiger partial charge in [0.2, 0.25) is 5.82 Å². The fourth-order valence-corrected chi connectivity index (χ4v) is 1.59. The van der Waals surface area contributed by atoms with E-state index in [1.165, 1.54) is 23.6 Å². The maximum atomic E-state index is 13.4. The number of carbonyl (C=O) groups excluding carboxylic acids is 2. The normalized spacial score (nSPS) is 10.4. The number of esters is 1. The van der Waals surface area contributed by atoms with Crippen LogP contribution in [-0.2, 0) is 9.53 Å². The Balaban J connectivity index is 2.07. The summed E-state index contributed by atoms with van der Waals surface area (Å²) in [5.74, 6) is -13.5. The Morgan fingerprint density at radius 3 is 2.12 bits per heavy atom. The second-order valence-corrected chi connectivity index (χ2v) is 4.31. The third kappa shape index (κ3) is 3.47. The standard InChI is InChI=1S/C14H7F5N2O3/c15-8-9(16)11(18)13(12(19)10(8)17)21-7(22)5-24-14(23)6-2-1-3-20-4-6/h1-4H,5H2,(H,21,22). The van der Waals surface area contributed by atoms with Gasteiger partial charge >= 0.3 is 5.97 Å². The molecule has 0 bridgehead atoms. The molecule has 5 nitrogen and oxygen atoms in total. The summed E-state index contributed by atoms with van der Waals surface area (Å²) >= 11 is 0. The quantitative estimate of drug-likeness (QED) is 0.400. The van der Waals surface area contributed by atoms with E-state index in [4.69, 9.17) is 0 Å². The number of hydrogen-bond donors (Lipinski definition) is 1. The van der Waals surface area contributed by atoms with Crippen LogP contribution in [-0.4, -0.2) is 23.5 Å². The van der Waals surface area contributed by atoms with Gasteiger partial charge in [0.05, 0.1) is 5.56 Å². The molecule has 0 saturated carbocycles. The lowest BCUT2D eigenvalue weighted by molar-refractivity contribution is -0.119. The monoisotopic (exact) mass is 346 g/mol. The largest absolute Gasteiger partial charge is 0.452 e. The molecule has 24 heavy (non-hydrogen) atoms. The highest BCUT2D eigenvalue weighted by Gasteiger charge is 2.27. The number of rotatable bonds is 4. The highest BCUT2D eigenvalue weighted by atomic mass is 19.2. The molecular weight excluding hydrogens is 339 g/mol. The van der Waals surface area contributed by atoms with Crippen molar-refractivity contribution in [1.82, 2.24) is 4.98 Å². The number of carbonyl (C=O) groups is 2. The number of aromatic nitrogens is 1. The van der Waals surface area contributed by atoms with Crippen LogP contribution in [0.2, 0.25) is 0 Å². The van der Waals surface area contributed by atoms with Crippen molar-refractivity contribution in [2.45, 2.75) is 0 Å². The average Bonchev–Trinajstić information content (AvgIpc) is 2.60. The van der Waals surface area contributed by atoms with Crippen molar-refractivity contribution < 1.29 is 36.3 Å². The molecule has 0 spiro atoms. The molecule has 2 aromatic rings. The van der Waals surface area contributed by atoms with E-state index in [1.807, 2.05) is 0 Å². The Bertz CT molecular complexity index is 770. The fraction of sp³-hybridized carbons (Fsp3) is 0.0714. The first-order valence-electron chi connectivity index (χ1n) is 6.21. The van der Waals surface area contributed by atoms with Gasteiger partial charge in [0.25, 0.3) is 5.91 Å². The molecule has 1 N–H and O–H groups in total. The molecular formula is C14H7F5N2O3. The summed E-state index contributed by atoms with van der Waals surface area (Å²) in [5.41, 5.74) is -1.53. The minimum Gasteiger partial charge on any atom is -0.452 e. The fourth-order valence-electron chi connectivity index (χ4n) is 1.59. The molecule has 0 saturated heterocycles. The lowest BCUT2D eigenvalue weighted by Crippen LogP contribution is -2.23. The summed E-state index contributed by atoms with van der Waals surface area (Å²) in [5, 5.41) is 1.47. The van der Waals surface area contributed by atoms with E-state index in [9.17, 15) is 31.5 Å². The van der Waals surface area contributed by atoms with E-state index >= 15 is 0 Å². The van der Waals surface area contributed by atoms with E-state index in [2.05, 4.69) is 9.72 Å². The molecule has 0 aliphatic heterocycles. The smallest absolute Gasteiger partial charge is 0.340 e. The average molecular weight is 346 g/mol. The number of hydrogen-bond acceptors (Lipinski definition) is 4. The third-order valence-electron chi connectivity index (χ3n) is 2.71. The predicted octanol–water partition coefficient (Wildman–Crippen LogP) is 2.57. The van der Waals surface area contributed by atoms with E-state index < -0.39 is 53.3 Å². The van der Waals surface area contributed by atoms with Crippen molar-refractivity contribution in [3.05, 3.63) is 59.2 Å². The van der Waals surface area contributed by atoms with Gasteiger partial charge in [-0.1, -0.05) is 0 Å². The van der Waals surface area contributed by atoms with Crippen LogP contribution < -0.4 is 5.32 Å². The Morgan fingerprint density at radius 1 is 1.00 bits per heavy atom. The van der Waals surface area contributed by atoms with Crippen molar-refractivity contribution in [2.75, 3.05) is 11.9 Å². The summed E-state index contributed by atoms with van der Waals surface area (Å²) in [6.07, 6.45) is 2.52. The highest BCUT2D eigenvalue weighted by molar-refractivity contribution is 5.95. The van der Waals surface area contributed by atoms with Gasteiger partial charge in [0, 0.05) is 12.4 Å². The Morgan fingerprint density at radius 2 is 1.58 bits per heavy atom. The summed E-state index contributed by atoms with van der Waals surface area (Å²) in [4.78, 5) is 26.6. The Labute approximate surface area is 131 Å². The Hall–Kier alpha value is -3.04. The maximum absolute atomic E-state index is 13.4. The number of pyridine rings is 1. The highest BCUT2D eigenvalue weighted by Crippen LogP contribution is 2.26. The van der Waals surface area contributed by atoms with E-state index in [0.29, 0.717) is 0 Å². The molecule has 10 heteroatoms. The van der Waals surface area contributed by atoms with Crippen LogP contribution in [0.25, 0.3) is 0 Å². The van der Waals surface area contributed by atoms with Crippen molar-refractivity contribution in [3.8, 4) is 0 Å². The molecule has 1 heterocycles. The minimum atomic E-state index is -2.36. The number of nitrogens with zero attached hydrogens (tertiary/aromatic N) is 1. The van der Waals surface area contributed by atoms with Gasteiger partial charge in [-0.3, -0.25) is 9.78 Å². The molecule has 0 radical (unpaired) electrons. The zero-order chi connectivity index (χ0) is 17.9. The van der Waals surface area contributed by atoms with Crippen molar-refractivity contribution in [3.63, 3.8) is 0 Å². The number of halogens is 5.